The zero-order chi connectivity index (χ0) is 14.9. The number of nitrogens with two attached hydrogens (primary N) is 1. The third kappa shape index (κ3) is 4.99. The van der Waals surface area contributed by atoms with Crippen LogP contribution < -0.4 is 15.8 Å². The summed E-state index contributed by atoms with van der Waals surface area (Å²) in [6.45, 7) is 3.57. The van der Waals surface area contributed by atoms with E-state index in [1.54, 1.807) is 0 Å². The van der Waals surface area contributed by atoms with E-state index in [4.69, 9.17) is 10.5 Å². The lowest BCUT2D eigenvalue weighted by molar-refractivity contribution is 0.307. The van der Waals surface area contributed by atoms with Crippen molar-refractivity contribution in [2.75, 3.05) is 24.2 Å². The molecule has 0 amide bonds. The molecule has 0 saturated heterocycles. The van der Waals surface area contributed by atoms with E-state index in [0.29, 0.717) is 18.2 Å². The van der Waals surface area contributed by atoms with Crippen LogP contribution in [0.4, 0.5) is 11.5 Å². The summed E-state index contributed by atoms with van der Waals surface area (Å²) in [5.74, 6) is 1.33. The van der Waals surface area contributed by atoms with E-state index in [1.165, 1.54) is 5.56 Å². The van der Waals surface area contributed by atoms with Gasteiger partial charge in [-0.1, -0.05) is 37.3 Å². The normalized spacial score (nSPS) is 10.3. The number of nitrogen functional groups attached to an aromatic ring is 1. The number of rotatable bonds is 8. The van der Waals surface area contributed by atoms with Gasteiger partial charge in [-0.2, -0.15) is 4.98 Å². The highest BCUT2D eigenvalue weighted by Crippen LogP contribution is 2.21. The minimum absolute atomic E-state index is 0.518. The molecule has 4 nitrogen and oxygen atoms in total. The fraction of sp³-hybridized carbons (Fsp3) is 0.353. The van der Waals surface area contributed by atoms with Gasteiger partial charge in [-0.3, -0.25) is 0 Å². The average molecular weight is 285 g/mol. The maximum absolute atomic E-state index is 5.85. The molecule has 1 heterocycles. The molecule has 21 heavy (non-hydrogen) atoms. The van der Waals surface area contributed by atoms with Crippen molar-refractivity contribution in [2.45, 2.75) is 26.2 Å². The first-order chi connectivity index (χ1) is 10.3. The third-order valence-electron chi connectivity index (χ3n) is 3.12. The molecular formula is C17H23N3O. The van der Waals surface area contributed by atoms with Gasteiger partial charge in [0.1, 0.15) is 5.82 Å². The second-order valence-electron chi connectivity index (χ2n) is 4.96. The standard InChI is InChI=1S/C17H23N3O/c1-2-13-21-17-15(18)10-11-16(20-17)19-12-6-9-14-7-4-3-5-8-14/h3-5,7-8,10-11H,2,6,9,12-13,18H2,1H3,(H,19,20). The van der Waals surface area contributed by atoms with Gasteiger partial charge in [0.25, 0.3) is 0 Å². The number of nitrogens with one attached hydrogen (secondary N) is 1. The van der Waals surface area contributed by atoms with Crippen molar-refractivity contribution in [3.05, 3.63) is 48.0 Å². The van der Waals surface area contributed by atoms with Crippen molar-refractivity contribution < 1.29 is 4.74 Å². The highest BCUT2D eigenvalue weighted by molar-refractivity contribution is 5.53. The summed E-state index contributed by atoms with van der Waals surface area (Å²) in [5.41, 5.74) is 7.79. The summed E-state index contributed by atoms with van der Waals surface area (Å²) in [5, 5.41) is 3.31. The molecule has 0 bridgehead atoms. The Hall–Kier alpha value is -2.23. The molecule has 0 spiro atoms. The van der Waals surface area contributed by atoms with Crippen LogP contribution in [-0.4, -0.2) is 18.1 Å². The summed E-state index contributed by atoms with van der Waals surface area (Å²) < 4.78 is 5.53. The Kier molecular flexibility index (Phi) is 5.88. The molecule has 4 heteroatoms. The number of nitrogens with zero attached hydrogens (tertiary/aromatic N) is 1. The SMILES string of the molecule is CCCOc1nc(NCCCc2ccccc2)ccc1N. The molecule has 0 atom stereocenters. The molecule has 0 aliphatic heterocycles. The highest BCUT2D eigenvalue weighted by atomic mass is 16.5. The first-order valence-electron chi connectivity index (χ1n) is 7.46. The second kappa shape index (κ2) is 8.15. The summed E-state index contributed by atoms with van der Waals surface area (Å²) in [4.78, 5) is 4.40. The van der Waals surface area contributed by atoms with Crippen LogP contribution in [0.5, 0.6) is 5.88 Å². The van der Waals surface area contributed by atoms with Gasteiger partial charge in [0, 0.05) is 6.54 Å². The summed E-state index contributed by atoms with van der Waals surface area (Å²) in [7, 11) is 0. The van der Waals surface area contributed by atoms with E-state index in [9.17, 15) is 0 Å². The van der Waals surface area contributed by atoms with Gasteiger partial charge in [-0.15, -0.1) is 0 Å². The van der Waals surface area contributed by atoms with Crippen molar-refractivity contribution in [3.8, 4) is 5.88 Å². The lowest BCUT2D eigenvalue weighted by Crippen LogP contribution is -2.07. The minimum Gasteiger partial charge on any atom is -0.476 e. The van der Waals surface area contributed by atoms with Crippen LogP contribution >= 0.6 is 0 Å². The Balaban J connectivity index is 1.80. The number of anilines is 2. The molecule has 0 aliphatic rings. The number of hydrogen-bond donors (Lipinski definition) is 2. The first-order valence-corrected chi connectivity index (χ1v) is 7.46. The lowest BCUT2D eigenvalue weighted by atomic mass is 10.1. The fourth-order valence-corrected chi connectivity index (χ4v) is 2.02. The van der Waals surface area contributed by atoms with Gasteiger partial charge in [-0.05, 0) is 37.0 Å². The van der Waals surface area contributed by atoms with Crippen molar-refractivity contribution in [3.63, 3.8) is 0 Å². The van der Waals surface area contributed by atoms with Crippen LogP contribution in [0.2, 0.25) is 0 Å². The number of benzene rings is 1. The molecule has 0 aliphatic carbocycles. The molecule has 0 radical (unpaired) electrons. The van der Waals surface area contributed by atoms with Gasteiger partial charge in [-0.25, -0.2) is 0 Å². The van der Waals surface area contributed by atoms with Gasteiger partial charge in [0.15, 0.2) is 0 Å². The molecule has 2 rings (SSSR count). The van der Waals surface area contributed by atoms with Crippen molar-refractivity contribution in [1.82, 2.24) is 4.98 Å². The molecule has 1 aromatic carbocycles. The van der Waals surface area contributed by atoms with E-state index >= 15 is 0 Å². The van der Waals surface area contributed by atoms with Crippen molar-refractivity contribution in [2.24, 2.45) is 0 Å². The number of pyridine rings is 1. The molecule has 0 saturated carbocycles. The zero-order valence-electron chi connectivity index (χ0n) is 12.5. The Morgan fingerprint density at radius 1 is 1.14 bits per heavy atom. The largest absolute Gasteiger partial charge is 0.476 e. The van der Waals surface area contributed by atoms with Crippen LogP contribution in [0.3, 0.4) is 0 Å². The molecule has 2 aromatic rings. The minimum atomic E-state index is 0.518. The smallest absolute Gasteiger partial charge is 0.239 e. The maximum Gasteiger partial charge on any atom is 0.239 e. The van der Waals surface area contributed by atoms with E-state index < -0.39 is 0 Å². The monoisotopic (exact) mass is 285 g/mol. The Labute approximate surface area is 126 Å². The topological polar surface area (TPSA) is 60.2 Å². The van der Waals surface area contributed by atoms with E-state index in [0.717, 1.165) is 31.6 Å². The number of aromatic nitrogens is 1. The summed E-state index contributed by atoms with van der Waals surface area (Å²) >= 11 is 0. The quantitative estimate of drug-likeness (QED) is 0.729. The first kappa shape index (κ1) is 15.2. The zero-order valence-corrected chi connectivity index (χ0v) is 12.5. The van der Waals surface area contributed by atoms with Crippen LogP contribution in [0, 0.1) is 0 Å². The molecule has 0 unspecified atom stereocenters. The van der Waals surface area contributed by atoms with Crippen LogP contribution in [0.25, 0.3) is 0 Å². The lowest BCUT2D eigenvalue weighted by Gasteiger charge is -2.10. The molecule has 1 aromatic heterocycles. The van der Waals surface area contributed by atoms with E-state index in [1.807, 2.05) is 18.2 Å². The second-order valence-corrected chi connectivity index (χ2v) is 4.96. The fourth-order valence-electron chi connectivity index (χ4n) is 2.02. The predicted molar refractivity (Wildman–Crippen MR) is 87.7 cm³/mol. The highest BCUT2D eigenvalue weighted by Gasteiger charge is 2.03. The van der Waals surface area contributed by atoms with Gasteiger partial charge >= 0.3 is 0 Å². The van der Waals surface area contributed by atoms with Crippen molar-refractivity contribution in [1.29, 1.82) is 0 Å². The van der Waals surface area contributed by atoms with E-state index in [2.05, 4.69) is 41.5 Å². The number of aryl methyl sites for hydroxylation is 1. The van der Waals surface area contributed by atoms with Crippen molar-refractivity contribution >= 4 is 11.5 Å². The van der Waals surface area contributed by atoms with Gasteiger partial charge < -0.3 is 15.8 Å². The van der Waals surface area contributed by atoms with Gasteiger partial charge in [0.2, 0.25) is 5.88 Å². The Morgan fingerprint density at radius 2 is 1.95 bits per heavy atom. The van der Waals surface area contributed by atoms with Crippen LogP contribution in [0.15, 0.2) is 42.5 Å². The van der Waals surface area contributed by atoms with Crippen LogP contribution in [-0.2, 0) is 6.42 Å². The van der Waals surface area contributed by atoms with Crippen LogP contribution in [0.1, 0.15) is 25.3 Å². The molecule has 112 valence electrons. The average Bonchev–Trinajstić information content (AvgIpc) is 2.52. The van der Waals surface area contributed by atoms with Gasteiger partial charge in [0.05, 0.1) is 12.3 Å². The Morgan fingerprint density at radius 3 is 2.71 bits per heavy atom. The number of ether oxygens (including phenoxy) is 1. The number of hydrogen-bond acceptors (Lipinski definition) is 4. The summed E-state index contributed by atoms with van der Waals surface area (Å²) in [6.07, 6.45) is 3.05. The molecule has 3 N–H and O–H groups in total. The Bertz CT molecular complexity index is 543. The predicted octanol–water partition coefficient (Wildman–Crippen LogP) is 3.50. The third-order valence-corrected chi connectivity index (χ3v) is 3.12. The molecule has 0 fully saturated rings. The summed E-state index contributed by atoms with van der Waals surface area (Å²) in [6, 6.07) is 14.2. The maximum atomic E-state index is 5.85. The molecular weight excluding hydrogens is 262 g/mol. The van der Waals surface area contributed by atoms with E-state index in [-0.39, 0.29) is 0 Å².